The molecule has 2 fully saturated rings. The zero-order chi connectivity index (χ0) is 63.8. The van der Waals surface area contributed by atoms with Gasteiger partial charge in [-0.2, -0.15) is 13.2 Å². The van der Waals surface area contributed by atoms with E-state index in [9.17, 15) is 43.5 Å². The smallest absolute Gasteiger partial charge is 0.418 e. The standard InChI is InChI=1S/C63H87ClF3N5O14/c1-11-41(12-2)48(74)22-16-14-13-15-20-42(73)32-43(36(3)4)58(78)70-46(21-18-26-69-59(68)79)49(75)30-39-24-25-45(44(28-39)63(65,66)67)71-60(80)85-53-33-54(76)72(8)47-29-40(31-50(82-9)56(47)64)27-37(5)19-17-23-52(83-10)62(81)34-51(84-55(77)35-62)38(6)57-61(53,7)86-57/h17,19,23-25,28-29,31,36,38,41,43,46,51-53,57,81H,11-16,18,20-22,26-27,30,32-35H2,1-10H3,(H,70,78)(H,71,80)(H3,68,69,79)/b23-17+,37-19+/t38-,43+,46+,51+,52-,53+,57+,61+,62-/m1/s1. The summed E-state index contributed by atoms with van der Waals surface area (Å²) in [5.74, 6) is -4.14. The van der Waals surface area contributed by atoms with Gasteiger partial charge in [-0.1, -0.05) is 88.9 Å². The minimum Gasteiger partial charge on any atom is -0.495 e. The fourth-order valence-corrected chi connectivity index (χ4v) is 11.8. The fourth-order valence-electron chi connectivity index (χ4n) is 11.5. The topological polar surface area (TPSA) is 272 Å². The Morgan fingerprint density at radius 2 is 1.66 bits per heavy atom. The monoisotopic (exact) mass is 1230 g/mol. The van der Waals surface area contributed by atoms with Crippen molar-refractivity contribution in [3.8, 4) is 5.75 Å². The first-order valence-corrected chi connectivity index (χ1v) is 30.0. The van der Waals surface area contributed by atoms with Crippen LogP contribution in [0.15, 0.2) is 54.1 Å². The van der Waals surface area contributed by atoms with E-state index in [1.807, 2.05) is 26.8 Å². The lowest BCUT2D eigenvalue weighted by atomic mass is 9.78. The number of epoxide rings is 1. The first kappa shape index (κ1) is 70.4. The molecule has 476 valence electrons. The second-order valence-corrected chi connectivity index (χ2v) is 24.0. The van der Waals surface area contributed by atoms with Crippen LogP contribution in [0, 0.1) is 23.7 Å². The van der Waals surface area contributed by atoms with Crippen LogP contribution in [0.2, 0.25) is 5.02 Å². The second-order valence-electron chi connectivity index (χ2n) is 23.6. The maximum absolute atomic E-state index is 15.1. The number of carbonyl (C=O) groups is 8. The van der Waals surface area contributed by atoms with Gasteiger partial charge in [0.1, 0.15) is 51.9 Å². The highest BCUT2D eigenvalue weighted by Crippen LogP contribution is 2.50. The van der Waals surface area contributed by atoms with Crippen molar-refractivity contribution in [3.05, 3.63) is 75.8 Å². The summed E-state index contributed by atoms with van der Waals surface area (Å²) in [5.41, 5.74) is 1.48. The van der Waals surface area contributed by atoms with Crippen molar-refractivity contribution in [2.75, 3.05) is 38.0 Å². The van der Waals surface area contributed by atoms with Crippen LogP contribution in [0.5, 0.6) is 5.75 Å². The van der Waals surface area contributed by atoms with E-state index in [2.05, 4.69) is 16.0 Å². The largest absolute Gasteiger partial charge is 0.495 e. The number of hydrogen-bond donors (Lipinski definition) is 5. The predicted octanol–water partition coefficient (Wildman–Crippen LogP) is 10.3. The van der Waals surface area contributed by atoms with Crippen molar-refractivity contribution < 1.29 is 80.3 Å². The number of methoxy groups -OCH3 is 2. The summed E-state index contributed by atoms with van der Waals surface area (Å²) >= 11 is 6.80. The van der Waals surface area contributed by atoms with Gasteiger partial charge in [0.05, 0.1) is 49.0 Å². The molecule has 0 saturated carbocycles. The number of anilines is 2. The number of fused-ring (bicyclic) bond motifs is 5. The number of nitrogens with zero attached hydrogens (tertiary/aromatic N) is 1. The van der Waals surface area contributed by atoms with Crippen LogP contribution < -0.4 is 31.3 Å². The number of primary amides is 1. The molecule has 5 amide bonds. The highest BCUT2D eigenvalue weighted by Gasteiger charge is 2.64. The first-order valence-electron chi connectivity index (χ1n) is 29.7. The van der Waals surface area contributed by atoms with Gasteiger partial charge in [0.15, 0.2) is 5.78 Å². The number of ketones is 3. The SMILES string of the molecule is CCC(CC)C(=O)CCCCCCC(=O)C[C@H](C(=O)N[C@@H](CCCNC(N)=O)C(=O)Cc1ccc(NC(=O)O[C@H]2CC(=O)N(C)c3cc(cc(OC)c3Cl)C/C(C)=C/C=C/[C@@H](OC)[C@]3(O)CC(=O)O[C@@H](C3)[C@@H](C)[C@@H]3O[C@@]23C)c(C(F)(F)F)c1)C(C)C. The number of alkyl halides is 3. The van der Waals surface area contributed by atoms with Crippen molar-refractivity contribution in [1.29, 1.82) is 0 Å². The summed E-state index contributed by atoms with van der Waals surface area (Å²) in [6, 6.07) is 4.12. The molecule has 19 nitrogen and oxygen atoms in total. The Kier molecular flexibility index (Phi) is 25.8. The number of benzene rings is 2. The Balaban J connectivity index is 1.37. The maximum Gasteiger partial charge on any atom is 0.418 e. The van der Waals surface area contributed by atoms with Crippen molar-refractivity contribution in [3.63, 3.8) is 0 Å². The Labute approximate surface area is 507 Å². The van der Waals surface area contributed by atoms with Crippen LogP contribution >= 0.6 is 11.6 Å². The van der Waals surface area contributed by atoms with Crippen molar-refractivity contribution in [1.82, 2.24) is 10.6 Å². The van der Waals surface area contributed by atoms with Gasteiger partial charge in [0.25, 0.3) is 0 Å². The molecule has 0 spiro atoms. The third-order valence-corrected chi connectivity index (χ3v) is 17.2. The van der Waals surface area contributed by atoms with Gasteiger partial charge < -0.3 is 50.1 Å². The van der Waals surface area contributed by atoms with Crippen molar-refractivity contribution in [2.24, 2.45) is 29.4 Å². The van der Waals surface area contributed by atoms with E-state index >= 15 is 13.2 Å². The van der Waals surface area contributed by atoms with E-state index in [0.717, 1.165) is 43.7 Å². The average molecular weight is 1230 g/mol. The maximum atomic E-state index is 15.1. The molecule has 3 aliphatic rings. The lowest BCUT2D eigenvalue weighted by Crippen LogP contribution is -2.53. The third kappa shape index (κ3) is 19.3. The summed E-state index contributed by atoms with van der Waals surface area (Å²) < 4.78 is 74.5. The van der Waals surface area contributed by atoms with Crippen LogP contribution in [-0.2, 0) is 66.7 Å². The summed E-state index contributed by atoms with van der Waals surface area (Å²) in [4.78, 5) is 108. The molecule has 23 heteroatoms. The van der Waals surface area contributed by atoms with Crippen LogP contribution in [0.4, 0.5) is 34.1 Å². The summed E-state index contributed by atoms with van der Waals surface area (Å²) in [6.45, 7) is 12.6. The number of nitrogens with two attached hydrogens (primary N) is 1. The Morgan fingerprint density at radius 3 is 2.29 bits per heavy atom. The second kappa shape index (κ2) is 31.5. The van der Waals surface area contributed by atoms with Gasteiger partial charge in [-0.25, -0.2) is 9.59 Å². The number of hydrogen-bond acceptors (Lipinski definition) is 14. The summed E-state index contributed by atoms with van der Waals surface area (Å²) in [7, 11) is 4.25. The minimum atomic E-state index is -5.12. The molecule has 3 aliphatic heterocycles. The number of nitrogens with one attached hydrogen (secondary N) is 3. The number of allylic oxidation sites excluding steroid dienone is 3. The molecule has 5 rings (SSSR count). The van der Waals surface area contributed by atoms with E-state index < -0.39 is 126 Å². The zero-order valence-corrected chi connectivity index (χ0v) is 51.9. The number of ether oxygens (including phenoxy) is 5. The fraction of sp³-hybridized carbons (Fsp3) is 0.619. The zero-order valence-electron chi connectivity index (χ0n) is 51.1. The lowest BCUT2D eigenvalue weighted by Gasteiger charge is -2.41. The van der Waals surface area contributed by atoms with Crippen LogP contribution in [0.3, 0.4) is 0 Å². The van der Waals surface area contributed by atoms with Crippen molar-refractivity contribution >= 4 is 70.2 Å². The molecule has 2 aromatic carbocycles. The van der Waals surface area contributed by atoms with Crippen LogP contribution in [0.1, 0.15) is 155 Å². The quantitative estimate of drug-likeness (QED) is 0.0333. The molecule has 6 N–H and O–H groups in total. The Hall–Kier alpha value is -6.36. The van der Waals surface area contributed by atoms with E-state index in [1.54, 1.807) is 45.1 Å². The average Bonchev–Trinajstić information content (AvgIpc) is 1.72. The van der Waals surface area contributed by atoms with Crippen LogP contribution in [0.25, 0.3) is 0 Å². The molecule has 2 aromatic rings. The molecule has 0 aliphatic carbocycles. The molecule has 4 bridgehead atoms. The number of urea groups is 1. The summed E-state index contributed by atoms with van der Waals surface area (Å²) in [6.07, 6.45) is -1.98. The number of aliphatic hydroxyl groups is 1. The Bertz CT molecular complexity index is 2820. The molecule has 0 aromatic heterocycles. The van der Waals surface area contributed by atoms with E-state index in [0.29, 0.717) is 30.9 Å². The highest BCUT2D eigenvalue weighted by molar-refractivity contribution is 6.35. The van der Waals surface area contributed by atoms with Gasteiger partial charge >= 0.3 is 24.3 Å². The third-order valence-electron chi connectivity index (χ3n) is 16.8. The van der Waals surface area contributed by atoms with E-state index in [4.69, 9.17) is 41.0 Å². The van der Waals surface area contributed by atoms with E-state index in [1.165, 1.54) is 39.2 Å². The normalized spacial score (nSPS) is 24.3. The van der Waals surface area contributed by atoms with Crippen molar-refractivity contribution in [2.45, 2.75) is 199 Å². The molecule has 3 heterocycles. The number of Topliss-reactive ketones (excluding diaryl/α,β-unsaturated/α-hetero) is 3. The predicted molar refractivity (Wildman–Crippen MR) is 317 cm³/mol. The molecule has 0 radical (unpaired) electrons. The molecular weight excluding hydrogens is 1140 g/mol. The molecule has 0 unspecified atom stereocenters. The molecule has 86 heavy (non-hydrogen) atoms. The number of rotatable bonds is 26. The van der Waals surface area contributed by atoms with Gasteiger partial charge in [-0.3, -0.25) is 34.1 Å². The van der Waals surface area contributed by atoms with Gasteiger partial charge in [-0.15, -0.1) is 0 Å². The number of unbranched alkanes of at least 4 members (excludes halogenated alkanes) is 3. The number of carbonyl (C=O) groups excluding carboxylic acids is 8. The molecular formula is C63H87ClF3N5O14. The first-order chi connectivity index (χ1) is 40.5. The lowest BCUT2D eigenvalue weighted by molar-refractivity contribution is -0.187. The minimum absolute atomic E-state index is 0.0150. The Morgan fingerprint density at radius 1 is 0.977 bits per heavy atom. The highest BCUT2D eigenvalue weighted by atomic mass is 35.5. The number of amides is 5. The number of esters is 1. The molecule has 2 saturated heterocycles. The van der Waals surface area contributed by atoms with Gasteiger partial charge in [-0.05, 0) is 100 Å². The summed E-state index contributed by atoms with van der Waals surface area (Å²) in [5, 5.41) is 19.4. The van der Waals surface area contributed by atoms with E-state index in [-0.39, 0.29) is 84.1 Å². The van der Waals surface area contributed by atoms with Crippen LogP contribution in [-0.4, -0.2) is 122 Å². The number of halogens is 4. The molecule has 9 atom stereocenters. The van der Waals surface area contributed by atoms with Gasteiger partial charge in [0.2, 0.25) is 11.8 Å². The van der Waals surface area contributed by atoms with Gasteiger partial charge in [0, 0.05) is 70.6 Å².